The molecule has 0 unspecified atom stereocenters. The molecule has 1 aliphatic heterocycles. The molecule has 1 heterocycles. The van der Waals surface area contributed by atoms with Gasteiger partial charge < -0.3 is 5.11 Å². The molecule has 1 aromatic carbocycles. The summed E-state index contributed by atoms with van der Waals surface area (Å²) in [6, 6.07) is 6.39. The molecule has 0 aliphatic carbocycles. The summed E-state index contributed by atoms with van der Waals surface area (Å²) in [5, 5.41) is 8.69. The lowest BCUT2D eigenvalue weighted by Gasteiger charge is -2.25. The minimum Gasteiger partial charge on any atom is -0.481 e. The molecule has 0 amide bonds. The Labute approximate surface area is 133 Å². The third-order valence-electron chi connectivity index (χ3n) is 3.71. The molecule has 1 saturated heterocycles. The monoisotopic (exact) mass is 348 g/mol. The number of rotatable bonds is 6. The molecule has 0 saturated carbocycles. The standard InChI is InChI=1S/C14H18F2N2O4S/c1-17(23(21,22)18-8-7-14(15,16)10-18)12-4-2-3-11(9-12)5-6-13(19)20/h2-4,9H,5-8,10H2,1H3,(H,19,20). The molecular weight excluding hydrogens is 330 g/mol. The van der Waals surface area contributed by atoms with E-state index in [1.165, 1.54) is 13.1 Å². The average molecular weight is 348 g/mol. The van der Waals surface area contributed by atoms with Gasteiger partial charge in [0.1, 0.15) is 0 Å². The van der Waals surface area contributed by atoms with Crippen LogP contribution in [0.25, 0.3) is 0 Å². The van der Waals surface area contributed by atoms with E-state index < -0.39 is 35.1 Å². The van der Waals surface area contributed by atoms with Crippen molar-refractivity contribution in [3.63, 3.8) is 0 Å². The van der Waals surface area contributed by atoms with Gasteiger partial charge in [-0.2, -0.15) is 12.7 Å². The number of benzene rings is 1. The van der Waals surface area contributed by atoms with Crippen molar-refractivity contribution in [3.05, 3.63) is 29.8 Å². The molecule has 23 heavy (non-hydrogen) atoms. The normalized spacial score (nSPS) is 18.0. The summed E-state index contributed by atoms with van der Waals surface area (Å²) < 4.78 is 53.1. The van der Waals surface area contributed by atoms with Gasteiger partial charge in [0.05, 0.1) is 12.2 Å². The van der Waals surface area contributed by atoms with Crippen molar-refractivity contribution in [1.29, 1.82) is 0 Å². The van der Waals surface area contributed by atoms with E-state index in [-0.39, 0.29) is 19.4 Å². The van der Waals surface area contributed by atoms with Crippen LogP contribution >= 0.6 is 0 Å². The van der Waals surface area contributed by atoms with Crippen molar-refractivity contribution in [3.8, 4) is 0 Å². The van der Waals surface area contributed by atoms with Gasteiger partial charge in [0, 0.05) is 26.4 Å². The van der Waals surface area contributed by atoms with Crippen LogP contribution < -0.4 is 4.31 Å². The number of halogens is 2. The zero-order valence-corrected chi connectivity index (χ0v) is 13.4. The van der Waals surface area contributed by atoms with E-state index in [1.54, 1.807) is 18.2 Å². The van der Waals surface area contributed by atoms with E-state index in [9.17, 15) is 22.0 Å². The van der Waals surface area contributed by atoms with Crippen molar-refractivity contribution in [1.82, 2.24) is 4.31 Å². The van der Waals surface area contributed by atoms with Gasteiger partial charge >= 0.3 is 16.2 Å². The van der Waals surface area contributed by atoms with Crippen LogP contribution in [0.3, 0.4) is 0 Å². The van der Waals surface area contributed by atoms with Crippen molar-refractivity contribution in [2.45, 2.75) is 25.2 Å². The second-order valence-corrected chi connectivity index (χ2v) is 7.44. The minimum absolute atomic E-state index is 0.0712. The Balaban J connectivity index is 2.17. The second kappa shape index (κ2) is 6.40. The molecule has 1 aliphatic rings. The molecule has 9 heteroatoms. The number of hydrogen-bond acceptors (Lipinski definition) is 3. The number of aliphatic carboxylic acids is 1. The van der Waals surface area contributed by atoms with Crippen LogP contribution in [0.5, 0.6) is 0 Å². The second-order valence-electron chi connectivity index (χ2n) is 5.48. The highest BCUT2D eigenvalue weighted by Crippen LogP contribution is 2.31. The highest BCUT2D eigenvalue weighted by Gasteiger charge is 2.44. The maximum absolute atomic E-state index is 13.3. The first-order valence-corrected chi connectivity index (χ1v) is 8.44. The maximum atomic E-state index is 13.3. The third kappa shape index (κ3) is 4.17. The molecule has 6 nitrogen and oxygen atoms in total. The lowest BCUT2D eigenvalue weighted by atomic mass is 10.1. The Hall–Kier alpha value is -1.74. The van der Waals surface area contributed by atoms with E-state index in [0.29, 0.717) is 11.3 Å². The topological polar surface area (TPSA) is 77.9 Å². The van der Waals surface area contributed by atoms with Crippen LogP contribution in [0.1, 0.15) is 18.4 Å². The van der Waals surface area contributed by atoms with E-state index >= 15 is 0 Å². The molecule has 1 aromatic rings. The van der Waals surface area contributed by atoms with Gasteiger partial charge in [0.15, 0.2) is 0 Å². The molecule has 0 aromatic heterocycles. The van der Waals surface area contributed by atoms with E-state index in [1.807, 2.05) is 0 Å². The number of hydrogen-bond donors (Lipinski definition) is 1. The summed E-state index contributed by atoms with van der Waals surface area (Å²) >= 11 is 0. The summed E-state index contributed by atoms with van der Waals surface area (Å²) in [7, 11) is -2.75. The predicted octanol–water partition coefficient (Wildman–Crippen LogP) is 1.73. The third-order valence-corrected chi connectivity index (χ3v) is 5.58. The van der Waals surface area contributed by atoms with Gasteiger partial charge in [-0.15, -0.1) is 0 Å². The Kier molecular flexibility index (Phi) is 4.90. The maximum Gasteiger partial charge on any atom is 0.304 e. The zero-order valence-electron chi connectivity index (χ0n) is 12.6. The lowest BCUT2D eigenvalue weighted by molar-refractivity contribution is -0.136. The molecule has 0 spiro atoms. The highest BCUT2D eigenvalue weighted by molar-refractivity contribution is 7.90. The van der Waals surface area contributed by atoms with E-state index in [0.717, 1.165) is 8.61 Å². The number of anilines is 1. The van der Waals surface area contributed by atoms with Gasteiger partial charge in [0.25, 0.3) is 5.92 Å². The van der Waals surface area contributed by atoms with Crippen LogP contribution in [-0.2, 0) is 21.4 Å². The molecule has 0 bridgehead atoms. The fourth-order valence-electron chi connectivity index (χ4n) is 2.37. The first kappa shape index (κ1) is 17.6. The largest absolute Gasteiger partial charge is 0.481 e. The van der Waals surface area contributed by atoms with Crippen molar-refractivity contribution in [2.75, 3.05) is 24.4 Å². The predicted molar refractivity (Wildman–Crippen MR) is 80.9 cm³/mol. The van der Waals surface area contributed by atoms with E-state index in [4.69, 9.17) is 5.11 Å². The molecule has 128 valence electrons. The van der Waals surface area contributed by atoms with Gasteiger partial charge in [-0.3, -0.25) is 9.10 Å². The molecule has 1 fully saturated rings. The van der Waals surface area contributed by atoms with Gasteiger partial charge in [0.2, 0.25) is 0 Å². The van der Waals surface area contributed by atoms with Crippen LogP contribution in [0.15, 0.2) is 24.3 Å². The molecule has 0 radical (unpaired) electrons. The van der Waals surface area contributed by atoms with Crippen LogP contribution in [-0.4, -0.2) is 49.9 Å². The molecule has 1 N–H and O–H groups in total. The Morgan fingerprint density at radius 3 is 2.70 bits per heavy atom. The summed E-state index contributed by atoms with van der Waals surface area (Å²) in [5.74, 6) is -3.95. The SMILES string of the molecule is CN(c1cccc(CCC(=O)O)c1)S(=O)(=O)N1CCC(F)(F)C1. The molecule has 2 rings (SSSR count). The van der Waals surface area contributed by atoms with Crippen LogP contribution in [0, 0.1) is 0 Å². The summed E-state index contributed by atoms with van der Waals surface area (Å²) in [6.45, 7) is -1.04. The summed E-state index contributed by atoms with van der Waals surface area (Å²) in [6.07, 6.45) is -0.296. The Bertz CT molecular complexity index is 694. The number of carbonyl (C=O) groups is 1. The van der Waals surface area contributed by atoms with Crippen LogP contribution in [0.2, 0.25) is 0 Å². The fourth-order valence-corrected chi connectivity index (χ4v) is 3.77. The summed E-state index contributed by atoms with van der Waals surface area (Å²) in [4.78, 5) is 10.6. The Morgan fingerprint density at radius 1 is 1.43 bits per heavy atom. The van der Waals surface area contributed by atoms with Crippen molar-refractivity contribution < 1.29 is 27.1 Å². The van der Waals surface area contributed by atoms with Gasteiger partial charge in [-0.25, -0.2) is 8.78 Å². The first-order valence-electron chi connectivity index (χ1n) is 7.04. The summed E-state index contributed by atoms with van der Waals surface area (Å²) in [5.41, 5.74) is 0.974. The van der Waals surface area contributed by atoms with E-state index in [2.05, 4.69) is 0 Å². The zero-order chi connectivity index (χ0) is 17.3. The average Bonchev–Trinajstić information content (AvgIpc) is 2.85. The number of aryl methyl sites for hydroxylation is 1. The number of nitrogens with zero attached hydrogens (tertiary/aromatic N) is 2. The van der Waals surface area contributed by atoms with Gasteiger partial charge in [-0.1, -0.05) is 12.1 Å². The van der Waals surface area contributed by atoms with Crippen molar-refractivity contribution in [2.24, 2.45) is 0 Å². The lowest BCUT2D eigenvalue weighted by Crippen LogP contribution is -2.41. The quantitative estimate of drug-likeness (QED) is 0.849. The van der Waals surface area contributed by atoms with Gasteiger partial charge in [-0.05, 0) is 24.1 Å². The highest BCUT2D eigenvalue weighted by atomic mass is 32.2. The number of carboxylic acids is 1. The first-order chi connectivity index (χ1) is 10.6. The molecule has 0 atom stereocenters. The molecular formula is C14H18F2N2O4S. The fraction of sp³-hybridized carbons (Fsp3) is 0.500. The Morgan fingerprint density at radius 2 is 2.13 bits per heavy atom. The minimum atomic E-state index is -4.04. The van der Waals surface area contributed by atoms with Crippen LogP contribution in [0.4, 0.5) is 14.5 Å². The number of alkyl halides is 2. The van der Waals surface area contributed by atoms with Crippen molar-refractivity contribution >= 4 is 21.9 Å². The number of carboxylic acid groups (broad SMARTS) is 1. The smallest absolute Gasteiger partial charge is 0.304 e.